The van der Waals surface area contributed by atoms with Crippen molar-refractivity contribution in [3.05, 3.63) is 53.5 Å². The molecule has 0 aliphatic rings. The molecule has 13 nitrogen and oxygen atoms in total. The third-order valence-electron chi connectivity index (χ3n) is 8.38. The van der Waals surface area contributed by atoms with Gasteiger partial charge in [-0.3, -0.25) is 14.1 Å². The number of aromatic nitrogens is 3. The zero-order chi connectivity index (χ0) is 36.3. The fraction of sp³-hybridized carbons (Fsp3) is 0.571. The van der Waals surface area contributed by atoms with E-state index in [0.717, 1.165) is 24.0 Å². The maximum atomic E-state index is 14.6. The van der Waals surface area contributed by atoms with E-state index < -0.39 is 43.7 Å². The molecule has 0 aliphatic heterocycles. The summed E-state index contributed by atoms with van der Waals surface area (Å²) in [4.78, 5) is 30.0. The Labute approximate surface area is 289 Å². The molecule has 0 fully saturated rings. The van der Waals surface area contributed by atoms with Crippen LogP contribution in [0.4, 0.5) is 5.82 Å². The lowest BCUT2D eigenvalue weighted by Gasteiger charge is -2.29. The zero-order valence-corrected chi connectivity index (χ0v) is 30.7. The molecule has 2 aromatic heterocycles. The van der Waals surface area contributed by atoms with Gasteiger partial charge in [0.2, 0.25) is 0 Å². The van der Waals surface area contributed by atoms with Crippen LogP contribution in [0.25, 0.3) is 5.52 Å². The topological polar surface area (TPSA) is 180 Å². The number of anilines is 1. The molecule has 0 radical (unpaired) electrons. The quantitative estimate of drug-likeness (QED) is 0.102. The van der Waals surface area contributed by atoms with E-state index in [1.54, 1.807) is 36.6 Å². The average molecular weight is 699 g/mol. The summed E-state index contributed by atoms with van der Waals surface area (Å²) in [5.74, 6) is -1.45. The number of carbonyl (C=O) groups excluding carboxylic acids is 2. The summed E-state index contributed by atoms with van der Waals surface area (Å²) >= 11 is 0. The zero-order valence-electron chi connectivity index (χ0n) is 29.8. The molecule has 2 heterocycles. The summed E-state index contributed by atoms with van der Waals surface area (Å²) in [7, 11) is -4.33. The van der Waals surface area contributed by atoms with Gasteiger partial charge in [-0.05, 0) is 55.0 Å². The number of rotatable bonds is 19. The van der Waals surface area contributed by atoms with E-state index in [2.05, 4.69) is 21.2 Å². The Morgan fingerprint density at radius 1 is 1.06 bits per heavy atom. The number of benzene rings is 1. The van der Waals surface area contributed by atoms with E-state index in [4.69, 9.17) is 24.3 Å². The van der Waals surface area contributed by atoms with Gasteiger partial charge in [0.25, 0.3) is 0 Å². The van der Waals surface area contributed by atoms with E-state index in [-0.39, 0.29) is 43.7 Å². The molecule has 49 heavy (non-hydrogen) atoms. The molecule has 3 rings (SSSR count). The van der Waals surface area contributed by atoms with E-state index in [1.165, 1.54) is 13.3 Å². The van der Waals surface area contributed by atoms with Crippen molar-refractivity contribution in [1.82, 2.24) is 19.7 Å². The Kier molecular flexibility index (Phi) is 14.6. The van der Waals surface area contributed by atoms with Crippen LogP contribution in [0.15, 0.2) is 36.7 Å². The van der Waals surface area contributed by atoms with Gasteiger partial charge in [0.1, 0.15) is 29.7 Å². The summed E-state index contributed by atoms with van der Waals surface area (Å²) in [6.45, 7) is 14.8. The number of hydrogen-bond acceptors (Lipinski definition) is 11. The van der Waals surface area contributed by atoms with E-state index in [9.17, 15) is 19.4 Å². The molecule has 0 amide bonds. The number of nitriles is 1. The van der Waals surface area contributed by atoms with Gasteiger partial charge >= 0.3 is 19.7 Å². The SMILES string of the molecule is CCC(CC)COC(=O)[C@H](C)NP(=O)(OC[C@@H](CC#N)[C@H](Cc1ccc2c(N)ncnn12)OC(=O)C(C)C)Oc1cc(C)ccc1C(C)C. The first kappa shape index (κ1) is 39.5. The van der Waals surface area contributed by atoms with Gasteiger partial charge in [0.15, 0.2) is 5.82 Å². The van der Waals surface area contributed by atoms with Crippen LogP contribution in [0.1, 0.15) is 90.5 Å². The van der Waals surface area contributed by atoms with Crippen LogP contribution in [0.2, 0.25) is 0 Å². The van der Waals surface area contributed by atoms with Gasteiger partial charge in [0, 0.05) is 24.5 Å². The summed E-state index contributed by atoms with van der Waals surface area (Å²) in [5, 5.41) is 16.9. The molecule has 3 aromatic rings. The minimum Gasteiger partial charge on any atom is -0.464 e. The number of fused-ring (bicyclic) bond motifs is 1. The van der Waals surface area contributed by atoms with Crippen molar-refractivity contribution in [2.75, 3.05) is 18.9 Å². The number of nitrogens with one attached hydrogen (secondary N) is 1. The van der Waals surface area contributed by atoms with Gasteiger partial charge in [-0.15, -0.1) is 0 Å². The lowest BCUT2D eigenvalue weighted by Crippen LogP contribution is -2.37. The Hall–Kier alpha value is -3.98. The summed E-state index contributed by atoms with van der Waals surface area (Å²) in [6.07, 6.45) is 2.18. The number of aryl methyl sites for hydroxylation is 1. The number of nitrogens with zero attached hydrogens (tertiary/aromatic N) is 4. The Morgan fingerprint density at radius 3 is 2.41 bits per heavy atom. The third kappa shape index (κ3) is 11.0. The number of hydrogen-bond donors (Lipinski definition) is 2. The van der Waals surface area contributed by atoms with Gasteiger partial charge in [0.05, 0.1) is 25.2 Å². The number of carbonyl (C=O) groups is 2. The van der Waals surface area contributed by atoms with Crippen molar-refractivity contribution < 1.29 is 32.7 Å². The molecule has 268 valence electrons. The minimum atomic E-state index is -4.33. The summed E-state index contributed by atoms with van der Waals surface area (Å²) in [6, 6.07) is 10.2. The van der Waals surface area contributed by atoms with Crippen LogP contribution >= 0.6 is 7.75 Å². The maximum absolute atomic E-state index is 14.6. The molecule has 0 aliphatic carbocycles. The van der Waals surface area contributed by atoms with Crippen molar-refractivity contribution in [1.29, 1.82) is 5.26 Å². The normalized spacial score (nSPS) is 14.7. The van der Waals surface area contributed by atoms with Gasteiger partial charge in [-0.1, -0.05) is 66.5 Å². The van der Waals surface area contributed by atoms with Crippen molar-refractivity contribution >= 4 is 31.0 Å². The molecule has 0 saturated heterocycles. The molecule has 4 atom stereocenters. The predicted molar refractivity (Wildman–Crippen MR) is 187 cm³/mol. The van der Waals surface area contributed by atoms with Gasteiger partial charge < -0.3 is 19.7 Å². The van der Waals surface area contributed by atoms with E-state index >= 15 is 0 Å². The first-order chi connectivity index (χ1) is 23.2. The van der Waals surface area contributed by atoms with Crippen molar-refractivity contribution in [3.8, 4) is 11.8 Å². The number of nitrogen functional groups attached to an aromatic ring is 1. The predicted octanol–water partition coefficient (Wildman–Crippen LogP) is 6.54. The van der Waals surface area contributed by atoms with Crippen LogP contribution in [-0.2, 0) is 34.6 Å². The Balaban J connectivity index is 1.96. The highest BCUT2D eigenvalue weighted by Crippen LogP contribution is 2.48. The van der Waals surface area contributed by atoms with Crippen LogP contribution < -0.4 is 15.3 Å². The molecular formula is C35H51N6O7P. The largest absolute Gasteiger partial charge is 0.464 e. The standard InChI is InChI=1S/C35H51N6O7P/c1-9-26(10-2)19-45-35(43)25(8)40-49(44,48-32-17-24(7)11-13-29(32)22(3)4)46-20-27(15-16-36)31(47-34(42)23(5)6)18-28-12-14-30-33(37)38-21-39-41(28)30/h11-14,17,21-23,25-27,31H,9-10,15,18-20H2,1-8H3,(H,40,44)(H2,37,38,39)/t25-,27+,31-,49?/m0/s1. The minimum absolute atomic E-state index is 0.0207. The second-order valence-corrected chi connectivity index (χ2v) is 14.7. The van der Waals surface area contributed by atoms with Gasteiger partial charge in [-0.2, -0.15) is 15.4 Å². The van der Waals surface area contributed by atoms with E-state index in [0.29, 0.717) is 17.0 Å². The molecule has 1 aromatic carbocycles. The van der Waals surface area contributed by atoms with Gasteiger partial charge in [-0.25, -0.2) is 14.1 Å². The monoisotopic (exact) mass is 698 g/mol. The summed E-state index contributed by atoms with van der Waals surface area (Å²) in [5.41, 5.74) is 8.92. The van der Waals surface area contributed by atoms with Crippen molar-refractivity contribution in [2.45, 2.75) is 99.1 Å². The number of nitrogens with two attached hydrogens (primary N) is 1. The van der Waals surface area contributed by atoms with Crippen LogP contribution in [-0.4, -0.2) is 51.9 Å². The highest BCUT2D eigenvalue weighted by atomic mass is 31.2. The number of esters is 2. The highest BCUT2D eigenvalue weighted by molar-refractivity contribution is 7.52. The summed E-state index contributed by atoms with van der Waals surface area (Å²) < 4.78 is 39.9. The third-order valence-corrected chi connectivity index (χ3v) is 10.0. The molecule has 14 heteroatoms. The lowest BCUT2D eigenvalue weighted by molar-refractivity contribution is -0.156. The highest BCUT2D eigenvalue weighted by Gasteiger charge is 2.37. The molecule has 0 bridgehead atoms. The molecule has 3 N–H and O–H groups in total. The number of ether oxygens (including phenoxy) is 2. The van der Waals surface area contributed by atoms with Crippen LogP contribution in [0, 0.1) is 36.0 Å². The lowest BCUT2D eigenvalue weighted by atomic mass is 9.96. The molecule has 0 saturated carbocycles. The van der Waals surface area contributed by atoms with Crippen molar-refractivity contribution in [3.63, 3.8) is 0 Å². The Bertz CT molecular complexity index is 1650. The van der Waals surface area contributed by atoms with Crippen molar-refractivity contribution in [2.24, 2.45) is 17.8 Å². The average Bonchev–Trinajstić information content (AvgIpc) is 3.46. The smallest absolute Gasteiger partial charge is 0.459 e. The molecule has 1 unspecified atom stereocenters. The van der Waals surface area contributed by atoms with E-state index in [1.807, 2.05) is 46.8 Å². The first-order valence-electron chi connectivity index (χ1n) is 16.8. The molecule has 0 spiro atoms. The van der Waals surface area contributed by atoms with Crippen LogP contribution in [0.3, 0.4) is 0 Å². The first-order valence-corrected chi connectivity index (χ1v) is 18.4. The van der Waals surface area contributed by atoms with Crippen LogP contribution in [0.5, 0.6) is 5.75 Å². The second kappa shape index (κ2) is 18.1. The molecular weight excluding hydrogens is 647 g/mol. The Morgan fingerprint density at radius 2 is 1.78 bits per heavy atom. The fourth-order valence-electron chi connectivity index (χ4n) is 5.12. The second-order valence-electron chi connectivity index (χ2n) is 13.0. The maximum Gasteiger partial charge on any atom is 0.459 e. The fourth-order valence-corrected chi connectivity index (χ4v) is 6.69.